The summed E-state index contributed by atoms with van der Waals surface area (Å²) in [6.07, 6.45) is 0.309. The quantitative estimate of drug-likeness (QED) is 0.907. The summed E-state index contributed by atoms with van der Waals surface area (Å²) in [7, 11) is 0. The van der Waals surface area contributed by atoms with E-state index < -0.39 is 5.97 Å². The predicted octanol–water partition coefficient (Wildman–Crippen LogP) is 2.16. The highest BCUT2D eigenvalue weighted by Crippen LogP contribution is 2.33. The van der Waals surface area contributed by atoms with Gasteiger partial charge in [0.2, 0.25) is 5.91 Å². The minimum atomic E-state index is -1.01. The Kier molecular flexibility index (Phi) is 3.74. The average molecular weight is 263 g/mol. The molecule has 0 spiro atoms. The Hall–Kier alpha value is -2.04. The predicted molar refractivity (Wildman–Crippen MR) is 70.7 cm³/mol. The third kappa shape index (κ3) is 2.86. The van der Waals surface area contributed by atoms with Gasteiger partial charge in [0.15, 0.2) is 0 Å². The summed E-state index contributed by atoms with van der Waals surface area (Å²) >= 11 is 0. The van der Waals surface area contributed by atoms with E-state index in [1.54, 1.807) is 11.0 Å². The minimum absolute atomic E-state index is 0.0324. The van der Waals surface area contributed by atoms with Crippen LogP contribution in [0.25, 0.3) is 0 Å². The van der Waals surface area contributed by atoms with Gasteiger partial charge >= 0.3 is 5.97 Å². The molecule has 1 amide bonds. The lowest BCUT2D eigenvalue weighted by molar-refractivity contribution is -0.118. The first kappa shape index (κ1) is 13.4. The molecule has 5 heteroatoms. The highest BCUT2D eigenvalue weighted by Gasteiger charge is 2.24. The van der Waals surface area contributed by atoms with Crippen molar-refractivity contribution in [2.75, 3.05) is 18.1 Å². The molecule has 0 saturated carbocycles. The summed E-state index contributed by atoms with van der Waals surface area (Å²) in [5.74, 6) is -0.182. The number of hydrogen-bond acceptors (Lipinski definition) is 3. The molecule has 0 unspecified atom stereocenters. The summed E-state index contributed by atoms with van der Waals surface area (Å²) < 4.78 is 5.51. The molecule has 1 N–H and O–H groups in total. The third-order valence-corrected chi connectivity index (χ3v) is 2.92. The Balaban J connectivity index is 2.46. The molecular formula is C14H17NO4. The van der Waals surface area contributed by atoms with E-state index in [1.807, 2.05) is 13.8 Å². The Morgan fingerprint density at radius 3 is 2.84 bits per heavy atom. The summed E-state index contributed by atoms with van der Waals surface area (Å²) in [4.78, 5) is 24.8. The molecule has 1 aliphatic heterocycles. The van der Waals surface area contributed by atoms with Crippen molar-refractivity contribution in [3.05, 3.63) is 23.8 Å². The summed E-state index contributed by atoms with van der Waals surface area (Å²) in [6, 6.07) is 4.61. The SMILES string of the molecule is CC(C)CN1C(=O)CCOc2ccc(C(=O)O)cc21. The Bertz CT molecular complexity index is 510. The van der Waals surface area contributed by atoms with Crippen LogP contribution in [-0.4, -0.2) is 30.1 Å². The molecule has 0 aromatic heterocycles. The number of hydrogen-bond donors (Lipinski definition) is 1. The zero-order valence-electron chi connectivity index (χ0n) is 11.0. The molecule has 0 radical (unpaired) electrons. The molecule has 19 heavy (non-hydrogen) atoms. The van der Waals surface area contributed by atoms with Crippen LogP contribution in [0.15, 0.2) is 18.2 Å². The van der Waals surface area contributed by atoms with Crippen molar-refractivity contribution >= 4 is 17.6 Å². The smallest absolute Gasteiger partial charge is 0.335 e. The normalized spacial score (nSPS) is 14.9. The number of benzene rings is 1. The van der Waals surface area contributed by atoms with Crippen molar-refractivity contribution in [3.8, 4) is 5.75 Å². The second-order valence-electron chi connectivity index (χ2n) is 4.98. The van der Waals surface area contributed by atoms with Crippen LogP contribution in [0.5, 0.6) is 5.75 Å². The highest BCUT2D eigenvalue weighted by atomic mass is 16.5. The van der Waals surface area contributed by atoms with Crippen LogP contribution >= 0.6 is 0 Å². The van der Waals surface area contributed by atoms with Crippen molar-refractivity contribution in [1.29, 1.82) is 0 Å². The standard InChI is InChI=1S/C14H17NO4/c1-9(2)8-15-11-7-10(14(17)18)3-4-12(11)19-6-5-13(15)16/h3-4,7,9H,5-6,8H2,1-2H3,(H,17,18). The van der Waals surface area contributed by atoms with Crippen molar-refractivity contribution < 1.29 is 19.4 Å². The first-order valence-corrected chi connectivity index (χ1v) is 6.29. The van der Waals surface area contributed by atoms with E-state index in [2.05, 4.69) is 0 Å². The van der Waals surface area contributed by atoms with Crippen LogP contribution in [0, 0.1) is 5.92 Å². The lowest BCUT2D eigenvalue weighted by Gasteiger charge is -2.24. The molecule has 1 aromatic rings. The third-order valence-electron chi connectivity index (χ3n) is 2.92. The maximum absolute atomic E-state index is 12.1. The van der Waals surface area contributed by atoms with Crippen molar-refractivity contribution in [1.82, 2.24) is 0 Å². The van der Waals surface area contributed by atoms with Gasteiger partial charge in [0, 0.05) is 6.54 Å². The van der Waals surface area contributed by atoms with Gasteiger partial charge in [-0.1, -0.05) is 13.8 Å². The van der Waals surface area contributed by atoms with Crippen molar-refractivity contribution in [3.63, 3.8) is 0 Å². The monoisotopic (exact) mass is 263 g/mol. The highest BCUT2D eigenvalue weighted by molar-refractivity contribution is 5.98. The second kappa shape index (κ2) is 5.30. The van der Waals surface area contributed by atoms with Gasteiger partial charge < -0.3 is 14.7 Å². The molecule has 0 aliphatic carbocycles. The van der Waals surface area contributed by atoms with Crippen LogP contribution in [-0.2, 0) is 4.79 Å². The number of ether oxygens (including phenoxy) is 1. The van der Waals surface area contributed by atoms with E-state index in [9.17, 15) is 9.59 Å². The molecule has 5 nitrogen and oxygen atoms in total. The number of carbonyl (C=O) groups excluding carboxylic acids is 1. The number of carboxylic acids is 1. The zero-order chi connectivity index (χ0) is 14.0. The van der Waals surface area contributed by atoms with E-state index in [-0.39, 0.29) is 11.5 Å². The summed E-state index contributed by atoms with van der Waals surface area (Å²) in [6.45, 7) is 4.91. The fourth-order valence-electron chi connectivity index (χ4n) is 2.07. The molecule has 1 aromatic carbocycles. The molecular weight excluding hydrogens is 246 g/mol. The van der Waals surface area contributed by atoms with Crippen LogP contribution < -0.4 is 9.64 Å². The number of fused-ring (bicyclic) bond motifs is 1. The molecule has 0 fully saturated rings. The number of rotatable bonds is 3. The first-order valence-electron chi connectivity index (χ1n) is 6.29. The van der Waals surface area contributed by atoms with Gasteiger partial charge in [0.05, 0.1) is 24.3 Å². The van der Waals surface area contributed by atoms with Crippen LogP contribution in [0.4, 0.5) is 5.69 Å². The van der Waals surface area contributed by atoms with E-state index in [0.717, 1.165) is 0 Å². The largest absolute Gasteiger partial charge is 0.491 e. The molecule has 0 atom stereocenters. The molecule has 1 heterocycles. The van der Waals surface area contributed by atoms with Crippen molar-refractivity contribution in [2.24, 2.45) is 5.92 Å². The zero-order valence-corrected chi connectivity index (χ0v) is 11.0. The number of aromatic carboxylic acids is 1. The van der Waals surface area contributed by atoms with Crippen molar-refractivity contribution in [2.45, 2.75) is 20.3 Å². The van der Waals surface area contributed by atoms with Crippen LogP contribution in [0.3, 0.4) is 0 Å². The first-order chi connectivity index (χ1) is 8.99. The van der Waals surface area contributed by atoms with E-state index in [4.69, 9.17) is 9.84 Å². The lowest BCUT2D eigenvalue weighted by atomic mass is 10.1. The molecule has 102 valence electrons. The Morgan fingerprint density at radius 1 is 1.47 bits per heavy atom. The second-order valence-corrected chi connectivity index (χ2v) is 4.98. The van der Waals surface area contributed by atoms with Gasteiger partial charge in [-0.2, -0.15) is 0 Å². The number of anilines is 1. The van der Waals surface area contributed by atoms with Gasteiger partial charge in [-0.15, -0.1) is 0 Å². The fraction of sp³-hybridized carbons (Fsp3) is 0.429. The summed E-state index contributed by atoms with van der Waals surface area (Å²) in [5.41, 5.74) is 0.710. The van der Waals surface area contributed by atoms with Gasteiger partial charge in [0.25, 0.3) is 0 Å². The maximum Gasteiger partial charge on any atom is 0.335 e. The molecule has 1 aliphatic rings. The Labute approximate surface area is 111 Å². The topological polar surface area (TPSA) is 66.8 Å². The van der Waals surface area contributed by atoms with E-state index >= 15 is 0 Å². The molecule has 0 bridgehead atoms. The van der Waals surface area contributed by atoms with E-state index in [1.165, 1.54) is 12.1 Å². The maximum atomic E-state index is 12.1. The number of carboxylic acid groups (broad SMARTS) is 1. The van der Waals surface area contributed by atoms with Gasteiger partial charge in [-0.25, -0.2) is 4.79 Å². The van der Waals surface area contributed by atoms with Crippen LogP contribution in [0.1, 0.15) is 30.6 Å². The minimum Gasteiger partial charge on any atom is -0.491 e. The summed E-state index contributed by atoms with van der Waals surface area (Å²) in [5, 5.41) is 9.05. The van der Waals surface area contributed by atoms with Gasteiger partial charge in [0.1, 0.15) is 5.75 Å². The van der Waals surface area contributed by atoms with Crippen LogP contribution in [0.2, 0.25) is 0 Å². The molecule has 0 saturated heterocycles. The number of amides is 1. The average Bonchev–Trinajstić information content (AvgIpc) is 2.49. The lowest BCUT2D eigenvalue weighted by Crippen LogP contribution is -2.33. The molecule has 2 rings (SSSR count). The van der Waals surface area contributed by atoms with E-state index in [0.29, 0.717) is 36.9 Å². The van der Waals surface area contributed by atoms with Gasteiger partial charge in [-0.05, 0) is 24.1 Å². The Morgan fingerprint density at radius 2 is 2.21 bits per heavy atom. The fourth-order valence-corrected chi connectivity index (χ4v) is 2.07. The van der Waals surface area contributed by atoms with Gasteiger partial charge in [-0.3, -0.25) is 4.79 Å². The number of nitrogens with zero attached hydrogens (tertiary/aromatic N) is 1. The number of carbonyl (C=O) groups is 2.